The van der Waals surface area contributed by atoms with Crippen molar-refractivity contribution in [3.8, 4) is 0 Å². The van der Waals surface area contributed by atoms with Crippen LogP contribution in [0.5, 0.6) is 0 Å². The maximum atomic E-state index is 12.7. The summed E-state index contributed by atoms with van der Waals surface area (Å²) in [5.41, 5.74) is 2.29. The molecule has 1 amide bonds. The van der Waals surface area contributed by atoms with Gasteiger partial charge in [-0.05, 0) is 18.1 Å². The number of amides is 1. The molecule has 1 aromatic carbocycles. The molecule has 5 heteroatoms. The Morgan fingerprint density at radius 1 is 1.32 bits per heavy atom. The Bertz CT molecular complexity index is 623. The van der Waals surface area contributed by atoms with Gasteiger partial charge >= 0.3 is 0 Å². The first kappa shape index (κ1) is 14.8. The molecule has 1 fully saturated rings. The van der Waals surface area contributed by atoms with Crippen LogP contribution in [0.25, 0.3) is 0 Å². The molecule has 0 bridgehead atoms. The molecule has 5 nitrogen and oxygen atoms in total. The molecule has 0 aliphatic carbocycles. The standard InChI is InChI=1S/C17H22N4O/c1-20-15(9-10-19-20)7-8-17(22)21-12-11-18-13-16(21)14-5-3-2-4-6-14/h2-6,9-10,16,18H,7-8,11-13H2,1H3/t16-/m1/s1. The lowest BCUT2D eigenvalue weighted by Gasteiger charge is -2.36. The van der Waals surface area contributed by atoms with Crippen LogP contribution in [0.2, 0.25) is 0 Å². The smallest absolute Gasteiger partial charge is 0.223 e. The average molecular weight is 298 g/mol. The molecule has 1 aliphatic rings. The van der Waals surface area contributed by atoms with Crippen LogP contribution in [0.1, 0.15) is 23.7 Å². The number of aromatic nitrogens is 2. The second kappa shape index (κ2) is 6.75. The van der Waals surface area contributed by atoms with Gasteiger partial charge < -0.3 is 10.2 Å². The molecular weight excluding hydrogens is 276 g/mol. The van der Waals surface area contributed by atoms with E-state index < -0.39 is 0 Å². The zero-order valence-corrected chi connectivity index (χ0v) is 12.9. The van der Waals surface area contributed by atoms with E-state index in [2.05, 4.69) is 22.5 Å². The fourth-order valence-corrected chi connectivity index (χ4v) is 3.00. The van der Waals surface area contributed by atoms with E-state index in [1.54, 1.807) is 6.20 Å². The largest absolute Gasteiger partial charge is 0.333 e. The molecule has 0 spiro atoms. The van der Waals surface area contributed by atoms with E-state index in [1.807, 2.05) is 40.9 Å². The molecule has 2 heterocycles. The molecule has 0 radical (unpaired) electrons. The summed E-state index contributed by atoms with van der Waals surface area (Å²) in [5, 5.41) is 7.54. The number of carbonyl (C=O) groups excluding carboxylic acids is 1. The highest BCUT2D eigenvalue weighted by molar-refractivity contribution is 5.77. The molecule has 1 N–H and O–H groups in total. The third kappa shape index (κ3) is 3.20. The predicted molar refractivity (Wildman–Crippen MR) is 85.3 cm³/mol. The van der Waals surface area contributed by atoms with Gasteiger partial charge in [-0.2, -0.15) is 5.10 Å². The highest BCUT2D eigenvalue weighted by Crippen LogP contribution is 2.23. The highest BCUT2D eigenvalue weighted by Gasteiger charge is 2.27. The molecule has 0 unspecified atom stereocenters. The third-order valence-electron chi connectivity index (χ3n) is 4.27. The number of rotatable bonds is 4. The Morgan fingerprint density at radius 3 is 2.86 bits per heavy atom. The summed E-state index contributed by atoms with van der Waals surface area (Å²) in [4.78, 5) is 14.7. The molecule has 22 heavy (non-hydrogen) atoms. The van der Waals surface area contributed by atoms with Crippen LogP contribution in [0.15, 0.2) is 42.6 Å². The van der Waals surface area contributed by atoms with E-state index >= 15 is 0 Å². The van der Waals surface area contributed by atoms with Crippen LogP contribution in [0, 0.1) is 0 Å². The molecule has 2 aromatic rings. The molecule has 0 saturated carbocycles. The van der Waals surface area contributed by atoms with Gasteiger partial charge in [-0.1, -0.05) is 30.3 Å². The Labute approximate surface area is 130 Å². The Balaban J connectivity index is 1.68. The van der Waals surface area contributed by atoms with Crippen molar-refractivity contribution < 1.29 is 4.79 Å². The second-order valence-electron chi connectivity index (χ2n) is 5.66. The Kier molecular flexibility index (Phi) is 4.53. The number of hydrogen-bond acceptors (Lipinski definition) is 3. The monoisotopic (exact) mass is 298 g/mol. The predicted octanol–water partition coefficient (Wildman–Crippen LogP) is 1.53. The van der Waals surface area contributed by atoms with Crippen molar-refractivity contribution in [1.82, 2.24) is 20.0 Å². The normalized spacial score (nSPS) is 18.4. The molecule has 116 valence electrons. The average Bonchev–Trinajstić information content (AvgIpc) is 2.98. The van der Waals surface area contributed by atoms with E-state index in [0.717, 1.165) is 31.7 Å². The molecule has 1 atom stereocenters. The lowest BCUT2D eigenvalue weighted by molar-refractivity contribution is -0.134. The van der Waals surface area contributed by atoms with E-state index in [4.69, 9.17) is 0 Å². The van der Waals surface area contributed by atoms with Crippen LogP contribution in [0.4, 0.5) is 0 Å². The minimum atomic E-state index is 0.133. The van der Waals surface area contributed by atoms with Crippen LogP contribution < -0.4 is 5.32 Å². The van der Waals surface area contributed by atoms with Crippen molar-refractivity contribution in [1.29, 1.82) is 0 Å². The zero-order chi connectivity index (χ0) is 15.4. The number of aryl methyl sites for hydroxylation is 2. The van der Waals surface area contributed by atoms with Crippen molar-refractivity contribution in [2.24, 2.45) is 7.05 Å². The molecule has 1 aromatic heterocycles. The fraction of sp³-hybridized carbons (Fsp3) is 0.412. The zero-order valence-electron chi connectivity index (χ0n) is 12.9. The van der Waals surface area contributed by atoms with Gasteiger partial charge in [-0.25, -0.2) is 0 Å². The number of nitrogens with one attached hydrogen (secondary N) is 1. The number of hydrogen-bond donors (Lipinski definition) is 1. The number of benzene rings is 1. The second-order valence-corrected chi connectivity index (χ2v) is 5.66. The Hall–Kier alpha value is -2.14. The van der Waals surface area contributed by atoms with E-state index in [9.17, 15) is 4.79 Å². The SMILES string of the molecule is Cn1nccc1CCC(=O)N1CCNC[C@@H]1c1ccccc1. The fourth-order valence-electron chi connectivity index (χ4n) is 3.00. The van der Waals surface area contributed by atoms with Gasteiger partial charge in [0.25, 0.3) is 0 Å². The molecular formula is C17H22N4O. The minimum Gasteiger partial charge on any atom is -0.333 e. The summed E-state index contributed by atoms with van der Waals surface area (Å²) in [5.74, 6) is 0.219. The van der Waals surface area contributed by atoms with Crippen LogP contribution in [0.3, 0.4) is 0 Å². The minimum absolute atomic E-state index is 0.133. The van der Waals surface area contributed by atoms with Crippen molar-refractivity contribution in [3.63, 3.8) is 0 Å². The Morgan fingerprint density at radius 2 is 2.14 bits per heavy atom. The summed E-state index contributed by atoms with van der Waals surface area (Å²) in [7, 11) is 1.91. The lowest BCUT2D eigenvalue weighted by atomic mass is 10.0. The molecule has 1 saturated heterocycles. The highest BCUT2D eigenvalue weighted by atomic mass is 16.2. The summed E-state index contributed by atoms with van der Waals surface area (Å²) >= 11 is 0. The van der Waals surface area contributed by atoms with E-state index in [0.29, 0.717) is 6.42 Å². The van der Waals surface area contributed by atoms with Gasteiger partial charge in [0.1, 0.15) is 0 Å². The van der Waals surface area contributed by atoms with Crippen LogP contribution in [-0.2, 0) is 18.3 Å². The summed E-state index contributed by atoms with van der Waals surface area (Å²) in [6.45, 7) is 2.45. The summed E-state index contributed by atoms with van der Waals surface area (Å²) in [6.07, 6.45) is 3.04. The summed E-state index contributed by atoms with van der Waals surface area (Å²) < 4.78 is 1.83. The first-order chi connectivity index (χ1) is 10.8. The maximum Gasteiger partial charge on any atom is 0.223 e. The first-order valence-electron chi connectivity index (χ1n) is 7.78. The van der Waals surface area contributed by atoms with Gasteiger partial charge in [0, 0.05) is 45.0 Å². The number of carbonyl (C=O) groups is 1. The molecule has 1 aliphatic heterocycles. The topological polar surface area (TPSA) is 50.2 Å². The number of nitrogens with zero attached hydrogens (tertiary/aromatic N) is 3. The summed E-state index contributed by atoms with van der Waals surface area (Å²) in [6, 6.07) is 12.4. The van der Waals surface area contributed by atoms with Gasteiger partial charge in [-0.15, -0.1) is 0 Å². The van der Waals surface area contributed by atoms with Gasteiger partial charge in [0.15, 0.2) is 0 Å². The van der Waals surface area contributed by atoms with Gasteiger partial charge in [0.05, 0.1) is 6.04 Å². The van der Waals surface area contributed by atoms with Gasteiger partial charge in [-0.3, -0.25) is 9.48 Å². The van der Waals surface area contributed by atoms with Crippen molar-refractivity contribution in [2.45, 2.75) is 18.9 Å². The third-order valence-corrected chi connectivity index (χ3v) is 4.27. The van der Waals surface area contributed by atoms with Crippen LogP contribution in [-0.4, -0.2) is 40.2 Å². The van der Waals surface area contributed by atoms with Crippen molar-refractivity contribution in [3.05, 3.63) is 53.9 Å². The maximum absolute atomic E-state index is 12.7. The van der Waals surface area contributed by atoms with E-state index in [-0.39, 0.29) is 11.9 Å². The number of piperazine rings is 1. The van der Waals surface area contributed by atoms with Crippen molar-refractivity contribution in [2.75, 3.05) is 19.6 Å². The first-order valence-corrected chi connectivity index (χ1v) is 7.78. The van der Waals surface area contributed by atoms with Gasteiger partial charge in [0.2, 0.25) is 5.91 Å². The van der Waals surface area contributed by atoms with Crippen LogP contribution >= 0.6 is 0 Å². The van der Waals surface area contributed by atoms with Crippen molar-refractivity contribution >= 4 is 5.91 Å². The quantitative estimate of drug-likeness (QED) is 0.931. The lowest BCUT2D eigenvalue weighted by Crippen LogP contribution is -2.48. The molecule has 3 rings (SSSR count). The van der Waals surface area contributed by atoms with E-state index in [1.165, 1.54) is 5.56 Å².